The van der Waals surface area contributed by atoms with E-state index in [0.717, 1.165) is 24.6 Å². The quantitative estimate of drug-likeness (QED) is 0.886. The lowest BCUT2D eigenvalue weighted by Gasteiger charge is -2.26. The maximum Gasteiger partial charge on any atom is 0.253 e. The highest BCUT2D eigenvalue weighted by atomic mass is 32.2. The first-order valence-electron chi connectivity index (χ1n) is 7.52. The zero-order valence-corrected chi connectivity index (χ0v) is 13.9. The summed E-state index contributed by atoms with van der Waals surface area (Å²) in [6, 6.07) is 6.49. The molecular formula is C16H23N3O2S. The summed E-state index contributed by atoms with van der Waals surface area (Å²) in [6.45, 7) is 5.35. The molecule has 0 aromatic heterocycles. The SMILES string of the molecule is CC(C)[C@H](N)C(=O)Nc1cccc(C(=O)N2CCSCC2)c1. The predicted octanol–water partition coefficient (Wildman–Crippen LogP) is 1.80. The van der Waals surface area contributed by atoms with Gasteiger partial charge in [-0.05, 0) is 24.1 Å². The highest BCUT2D eigenvalue weighted by Crippen LogP contribution is 2.16. The largest absolute Gasteiger partial charge is 0.337 e. The van der Waals surface area contributed by atoms with Gasteiger partial charge in [-0.2, -0.15) is 11.8 Å². The number of nitrogens with two attached hydrogens (primary N) is 1. The van der Waals surface area contributed by atoms with E-state index in [1.54, 1.807) is 24.3 Å². The maximum absolute atomic E-state index is 12.5. The maximum atomic E-state index is 12.5. The molecule has 5 nitrogen and oxygen atoms in total. The van der Waals surface area contributed by atoms with Crippen LogP contribution in [-0.4, -0.2) is 47.4 Å². The van der Waals surface area contributed by atoms with Crippen LogP contribution in [0.5, 0.6) is 0 Å². The number of nitrogens with one attached hydrogen (secondary N) is 1. The molecule has 1 saturated heterocycles. The van der Waals surface area contributed by atoms with Crippen LogP contribution in [-0.2, 0) is 4.79 Å². The van der Waals surface area contributed by atoms with E-state index in [0.29, 0.717) is 11.3 Å². The van der Waals surface area contributed by atoms with Gasteiger partial charge in [-0.1, -0.05) is 19.9 Å². The molecule has 2 rings (SSSR count). The van der Waals surface area contributed by atoms with Crippen molar-refractivity contribution in [3.63, 3.8) is 0 Å². The fourth-order valence-electron chi connectivity index (χ4n) is 2.21. The third-order valence-corrected chi connectivity index (χ3v) is 4.64. The van der Waals surface area contributed by atoms with Crippen molar-refractivity contribution in [3.8, 4) is 0 Å². The van der Waals surface area contributed by atoms with Gasteiger partial charge in [0.1, 0.15) is 0 Å². The van der Waals surface area contributed by atoms with E-state index in [4.69, 9.17) is 5.73 Å². The Balaban J connectivity index is 2.06. The Hall–Kier alpha value is -1.53. The zero-order chi connectivity index (χ0) is 16.1. The predicted molar refractivity (Wildman–Crippen MR) is 91.1 cm³/mol. The number of thioether (sulfide) groups is 1. The summed E-state index contributed by atoms with van der Waals surface area (Å²) < 4.78 is 0. The van der Waals surface area contributed by atoms with E-state index in [1.807, 2.05) is 30.5 Å². The number of anilines is 1. The molecule has 1 aromatic rings. The van der Waals surface area contributed by atoms with Crippen LogP contribution in [0, 0.1) is 5.92 Å². The average Bonchev–Trinajstić information content (AvgIpc) is 2.54. The van der Waals surface area contributed by atoms with E-state index in [2.05, 4.69) is 5.32 Å². The van der Waals surface area contributed by atoms with E-state index < -0.39 is 6.04 Å². The Kier molecular flexibility index (Phi) is 5.85. The van der Waals surface area contributed by atoms with Gasteiger partial charge in [-0.15, -0.1) is 0 Å². The summed E-state index contributed by atoms with van der Waals surface area (Å²) in [5.74, 6) is 1.81. The number of carbonyl (C=O) groups is 2. The number of carbonyl (C=O) groups excluding carboxylic acids is 2. The Labute approximate surface area is 135 Å². The third-order valence-electron chi connectivity index (χ3n) is 3.70. The van der Waals surface area contributed by atoms with Gasteiger partial charge in [0.25, 0.3) is 5.91 Å². The minimum absolute atomic E-state index is 0.0181. The van der Waals surface area contributed by atoms with Crippen molar-refractivity contribution in [2.24, 2.45) is 11.7 Å². The molecule has 1 heterocycles. The molecule has 6 heteroatoms. The van der Waals surface area contributed by atoms with Crippen molar-refractivity contribution in [1.29, 1.82) is 0 Å². The van der Waals surface area contributed by atoms with E-state index in [9.17, 15) is 9.59 Å². The molecule has 2 amide bonds. The second-order valence-corrected chi connectivity index (χ2v) is 6.97. The van der Waals surface area contributed by atoms with Gasteiger partial charge >= 0.3 is 0 Å². The topological polar surface area (TPSA) is 75.4 Å². The van der Waals surface area contributed by atoms with Crippen molar-refractivity contribution in [1.82, 2.24) is 4.90 Å². The standard InChI is InChI=1S/C16H23N3O2S/c1-11(2)14(17)15(20)18-13-5-3-4-12(10-13)16(21)19-6-8-22-9-7-19/h3-5,10-11,14H,6-9,17H2,1-2H3,(H,18,20)/t14-/m0/s1. The Morgan fingerprint density at radius 2 is 1.95 bits per heavy atom. The highest BCUT2D eigenvalue weighted by Gasteiger charge is 2.20. The lowest BCUT2D eigenvalue weighted by Crippen LogP contribution is -2.40. The molecule has 1 aliphatic rings. The Bertz CT molecular complexity index is 542. The van der Waals surface area contributed by atoms with Gasteiger partial charge in [-0.25, -0.2) is 0 Å². The van der Waals surface area contributed by atoms with E-state index in [-0.39, 0.29) is 17.7 Å². The molecule has 0 aliphatic carbocycles. The van der Waals surface area contributed by atoms with Crippen LogP contribution in [0.25, 0.3) is 0 Å². The van der Waals surface area contributed by atoms with Crippen molar-refractivity contribution in [3.05, 3.63) is 29.8 Å². The number of hydrogen-bond donors (Lipinski definition) is 2. The van der Waals surface area contributed by atoms with Crippen LogP contribution >= 0.6 is 11.8 Å². The molecule has 3 N–H and O–H groups in total. The fraction of sp³-hybridized carbons (Fsp3) is 0.500. The zero-order valence-electron chi connectivity index (χ0n) is 13.0. The smallest absolute Gasteiger partial charge is 0.253 e. The summed E-state index contributed by atoms with van der Waals surface area (Å²) >= 11 is 1.86. The number of hydrogen-bond acceptors (Lipinski definition) is 4. The van der Waals surface area contributed by atoms with Gasteiger partial charge < -0.3 is 16.0 Å². The molecule has 1 aromatic carbocycles. The van der Waals surface area contributed by atoms with Crippen LogP contribution in [0.4, 0.5) is 5.69 Å². The molecule has 1 fully saturated rings. The summed E-state index contributed by atoms with van der Waals surface area (Å²) in [7, 11) is 0. The minimum Gasteiger partial charge on any atom is -0.337 e. The average molecular weight is 321 g/mol. The lowest BCUT2D eigenvalue weighted by molar-refractivity contribution is -0.118. The molecule has 1 aliphatic heterocycles. The third kappa shape index (κ3) is 4.24. The van der Waals surface area contributed by atoms with E-state index in [1.165, 1.54) is 0 Å². The fourth-order valence-corrected chi connectivity index (χ4v) is 3.11. The summed E-state index contributed by atoms with van der Waals surface area (Å²) in [6.07, 6.45) is 0. The van der Waals surface area contributed by atoms with Crippen LogP contribution in [0.2, 0.25) is 0 Å². The van der Waals surface area contributed by atoms with Gasteiger partial charge in [0.2, 0.25) is 5.91 Å². The Morgan fingerprint density at radius 3 is 2.59 bits per heavy atom. The van der Waals surface area contributed by atoms with Crippen molar-refractivity contribution < 1.29 is 9.59 Å². The first kappa shape index (κ1) is 16.8. The molecule has 0 radical (unpaired) electrons. The van der Waals surface area contributed by atoms with Crippen LogP contribution in [0.1, 0.15) is 24.2 Å². The van der Waals surface area contributed by atoms with Gasteiger partial charge in [-0.3, -0.25) is 9.59 Å². The molecule has 0 bridgehead atoms. The Morgan fingerprint density at radius 1 is 1.27 bits per heavy atom. The lowest BCUT2D eigenvalue weighted by atomic mass is 10.0. The molecule has 0 saturated carbocycles. The van der Waals surface area contributed by atoms with Crippen molar-refractivity contribution in [2.75, 3.05) is 29.9 Å². The number of nitrogens with zero attached hydrogens (tertiary/aromatic N) is 1. The monoisotopic (exact) mass is 321 g/mol. The molecule has 120 valence electrons. The second-order valence-electron chi connectivity index (χ2n) is 5.74. The first-order valence-corrected chi connectivity index (χ1v) is 8.68. The highest BCUT2D eigenvalue weighted by molar-refractivity contribution is 7.99. The second kappa shape index (κ2) is 7.65. The molecule has 0 unspecified atom stereocenters. The minimum atomic E-state index is -0.557. The first-order chi connectivity index (χ1) is 10.5. The molecular weight excluding hydrogens is 298 g/mol. The summed E-state index contributed by atoms with van der Waals surface area (Å²) in [4.78, 5) is 26.3. The molecule has 1 atom stereocenters. The van der Waals surface area contributed by atoms with Crippen LogP contribution in [0.3, 0.4) is 0 Å². The van der Waals surface area contributed by atoms with Gasteiger partial charge in [0.05, 0.1) is 6.04 Å². The molecule has 0 spiro atoms. The van der Waals surface area contributed by atoms with Crippen molar-refractivity contribution in [2.45, 2.75) is 19.9 Å². The van der Waals surface area contributed by atoms with E-state index >= 15 is 0 Å². The van der Waals surface area contributed by atoms with Gasteiger partial charge in [0, 0.05) is 35.8 Å². The summed E-state index contributed by atoms with van der Waals surface area (Å²) in [5.41, 5.74) is 7.04. The molecule has 22 heavy (non-hydrogen) atoms. The number of amides is 2. The van der Waals surface area contributed by atoms with Crippen molar-refractivity contribution >= 4 is 29.3 Å². The van der Waals surface area contributed by atoms with Crippen LogP contribution < -0.4 is 11.1 Å². The number of benzene rings is 1. The van der Waals surface area contributed by atoms with Crippen LogP contribution in [0.15, 0.2) is 24.3 Å². The normalized spacial score (nSPS) is 16.5. The van der Waals surface area contributed by atoms with Gasteiger partial charge in [0.15, 0.2) is 0 Å². The summed E-state index contributed by atoms with van der Waals surface area (Å²) in [5, 5.41) is 2.78. The number of rotatable bonds is 4.